The third-order valence-electron chi connectivity index (χ3n) is 0.732. The Morgan fingerprint density at radius 2 is 2.27 bits per heavy atom. The number of nitrogens with two attached hydrogens (primary N) is 2. The van der Waals surface area contributed by atoms with Gasteiger partial charge in [0.1, 0.15) is 6.61 Å². The first-order valence-corrected chi connectivity index (χ1v) is 2.79. The second-order valence-corrected chi connectivity index (χ2v) is 1.55. The van der Waals surface area contributed by atoms with Crippen molar-refractivity contribution in [2.45, 2.75) is 0 Å². The topological polar surface area (TPSA) is 123 Å². The molecule has 0 aliphatic heterocycles. The Bertz CT molecular complexity index is 157. The maximum Gasteiger partial charge on any atom is 0.404 e. The number of aliphatic imine (C=N–C) groups is 1. The van der Waals surface area contributed by atoms with Gasteiger partial charge in [0.25, 0.3) is 0 Å². The molecule has 7 heteroatoms. The molecule has 0 fully saturated rings. The Labute approximate surface area is 63.0 Å². The zero-order valence-electron chi connectivity index (χ0n) is 5.78. The molecule has 6 N–H and O–H groups in total. The van der Waals surface area contributed by atoms with Crippen LogP contribution in [0.25, 0.3) is 0 Å². The molecule has 0 radical (unpaired) electrons. The van der Waals surface area contributed by atoms with E-state index in [4.69, 9.17) is 10.9 Å². The summed E-state index contributed by atoms with van der Waals surface area (Å²) in [4.78, 5) is 13.5. The van der Waals surface area contributed by atoms with Gasteiger partial charge in [-0.25, -0.2) is 15.3 Å². The maximum atomic E-state index is 9.97. The van der Waals surface area contributed by atoms with E-state index in [2.05, 4.69) is 15.5 Å². The van der Waals surface area contributed by atoms with Crippen molar-refractivity contribution in [3.63, 3.8) is 0 Å². The second kappa shape index (κ2) is 5.30. The van der Waals surface area contributed by atoms with Crippen LogP contribution >= 0.6 is 0 Å². The lowest BCUT2D eigenvalue weighted by molar-refractivity contribution is 0.160. The summed E-state index contributed by atoms with van der Waals surface area (Å²) in [5.41, 5.74) is 11.3. The molecule has 0 atom stereocenters. The minimum absolute atomic E-state index is 0.0394. The Morgan fingerprint density at radius 1 is 1.64 bits per heavy atom. The van der Waals surface area contributed by atoms with E-state index in [-0.39, 0.29) is 19.1 Å². The molecule has 0 rings (SSSR count). The SMILES string of the molecule is NC(=O)OCCN=C(N)NO. The van der Waals surface area contributed by atoms with Gasteiger partial charge in [-0.05, 0) is 0 Å². The largest absolute Gasteiger partial charge is 0.448 e. The summed E-state index contributed by atoms with van der Waals surface area (Å²) >= 11 is 0. The third-order valence-corrected chi connectivity index (χ3v) is 0.732. The van der Waals surface area contributed by atoms with Crippen molar-refractivity contribution in [1.82, 2.24) is 5.48 Å². The summed E-state index contributed by atoms with van der Waals surface area (Å²) in [6, 6.07) is 0. The zero-order chi connectivity index (χ0) is 8.69. The van der Waals surface area contributed by atoms with Gasteiger partial charge in [0.05, 0.1) is 6.54 Å². The molecule has 0 aromatic carbocycles. The Balaban J connectivity index is 3.33. The first-order valence-electron chi connectivity index (χ1n) is 2.79. The van der Waals surface area contributed by atoms with Gasteiger partial charge in [-0.15, -0.1) is 0 Å². The molecular formula is C4H10N4O3. The molecular weight excluding hydrogens is 152 g/mol. The number of nitrogens with one attached hydrogen (secondary N) is 1. The summed E-state index contributed by atoms with van der Waals surface area (Å²) in [5.74, 6) is -0.141. The molecule has 0 aromatic rings. The van der Waals surface area contributed by atoms with Crippen LogP contribution in [0.5, 0.6) is 0 Å². The Morgan fingerprint density at radius 3 is 2.73 bits per heavy atom. The molecule has 0 aliphatic rings. The highest BCUT2D eigenvalue weighted by atomic mass is 16.5. The van der Waals surface area contributed by atoms with Gasteiger partial charge in [0, 0.05) is 0 Å². The van der Waals surface area contributed by atoms with Crippen LogP contribution in [0.1, 0.15) is 0 Å². The van der Waals surface area contributed by atoms with E-state index in [1.807, 2.05) is 0 Å². The van der Waals surface area contributed by atoms with Crippen LogP contribution in [0.3, 0.4) is 0 Å². The highest BCUT2D eigenvalue weighted by Gasteiger charge is 1.91. The molecule has 0 spiro atoms. The van der Waals surface area contributed by atoms with Crippen LogP contribution in [-0.4, -0.2) is 30.4 Å². The maximum absolute atomic E-state index is 9.97. The first kappa shape index (κ1) is 9.50. The zero-order valence-corrected chi connectivity index (χ0v) is 5.78. The lowest BCUT2D eigenvalue weighted by Crippen LogP contribution is -2.29. The van der Waals surface area contributed by atoms with Gasteiger partial charge in [-0.3, -0.25) is 5.21 Å². The molecule has 0 aliphatic carbocycles. The van der Waals surface area contributed by atoms with Crippen LogP contribution in [0.4, 0.5) is 4.79 Å². The number of nitrogens with zero attached hydrogens (tertiary/aromatic N) is 1. The van der Waals surface area contributed by atoms with Gasteiger partial charge in [-0.1, -0.05) is 0 Å². The summed E-state index contributed by atoms with van der Waals surface area (Å²) in [5, 5.41) is 8.11. The second-order valence-electron chi connectivity index (χ2n) is 1.55. The predicted molar refractivity (Wildman–Crippen MR) is 36.9 cm³/mol. The van der Waals surface area contributed by atoms with E-state index in [1.165, 1.54) is 0 Å². The van der Waals surface area contributed by atoms with Gasteiger partial charge in [-0.2, -0.15) is 0 Å². The monoisotopic (exact) mass is 162 g/mol. The normalized spacial score (nSPS) is 10.8. The van der Waals surface area contributed by atoms with Crippen molar-refractivity contribution in [1.29, 1.82) is 0 Å². The number of rotatable bonds is 3. The van der Waals surface area contributed by atoms with Crippen LogP contribution in [-0.2, 0) is 4.74 Å². The third kappa shape index (κ3) is 6.38. The Hall–Kier alpha value is -1.50. The fourth-order valence-electron chi connectivity index (χ4n) is 0.348. The number of hydrogen-bond acceptors (Lipinski definition) is 4. The molecule has 0 heterocycles. The van der Waals surface area contributed by atoms with Crippen molar-refractivity contribution in [2.75, 3.05) is 13.2 Å². The molecule has 0 bridgehead atoms. The van der Waals surface area contributed by atoms with Gasteiger partial charge < -0.3 is 16.2 Å². The summed E-state index contributed by atoms with van der Waals surface area (Å²) in [6.45, 7) is 0.194. The van der Waals surface area contributed by atoms with Crippen molar-refractivity contribution in [3.05, 3.63) is 0 Å². The fourth-order valence-corrected chi connectivity index (χ4v) is 0.348. The van der Waals surface area contributed by atoms with Crippen molar-refractivity contribution < 1.29 is 14.7 Å². The first-order chi connectivity index (χ1) is 5.16. The average Bonchev–Trinajstić information content (AvgIpc) is 1.97. The Kier molecular flexibility index (Phi) is 4.58. The molecule has 0 aromatic heterocycles. The molecule has 11 heavy (non-hydrogen) atoms. The standard InChI is InChI=1S/C4H10N4O3/c5-3(8-10)7-1-2-11-4(6)9/h10H,1-2H2,(H2,6,9)(H3,5,7,8). The lowest BCUT2D eigenvalue weighted by atomic mass is 10.7. The highest BCUT2D eigenvalue weighted by molar-refractivity contribution is 5.76. The minimum atomic E-state index is -0.865. The number of ether oxygens (including phenoxy) is 1. The minimum Gasteiger partial charge on any atom is -0.448 e. The summed E-state index contributed by atoms with van der Waals surface area (Å²) < 4.78 is 4.30. The number of carbonyl (C=O) groups is 1. The van der Waals surface area contributed by atoms with Crippen LogP contribution in [0.2, 0.25) is 0 Å². The molecule has 7 nitrogen and oxygen atoms in total. The van der Waals surface area contributed by atoms with Crippen molar-refractivity contribution >= 4 is 12.1 Å². The van der Waals surface area contributed by atoms with E-state index in [9.17, 15) is 4.79 Å². The average molecular weight is 162 g/mol. The molecule has 0 saturated carbocycles. The number of amides is 1. The van der Waals surface area contributed by atoms with E-state index in [0.29, 0.717) is 0 Å². The quantitative estimate of drug-likeness (QED) is 0.172. The fraction of sp³-hybridized carbons (Fsp3) is 0.500. The van der Waals surface area contributed by atoms with E-state index in [0.717, 1.165) is 0 Å². The molecule has 1 amide bonds. The number of primary amides is 1. The van der Waals surface area contributed by atoms with E-state index in [1.54, 1.807) is 5.48 Å². The van der Waals surface area contributed by atoms with E-state index >= 15 is 0 Å². The van der Waals surface area contributed by atoms with Crippen LogP contribution < -0.4 is 16.9 Å². The van der Waals surface area contributed by atoms with Gasteiger partial charge in [0.2, 0.25) is 5.96 Å². The van der Waals surface area contributed by atoms with E-state index < -0.39 is 6.09 Å². The number of hydrogen-bond donors (Lipinski definition) is 4. The van der Waals surface area contributed by atoms with Crippen molar-refractivity contribution in [2.24, 2.45) is 16.5 Å². The number of carbonyl (C=O) groups excluding carboxylic acids is 1. The highest BCUT2D eigenvalue weighted by Crippen LogP contribution is 1.74. The van der Waals surface area contributed by atoms with Crippen LogP contribution in [0.15, 0.2) is 4.99 Å². The van der Waals surface area contributed by atoms with Gasteiger partial charge in [0.15, 0.2) is 0 Å². The van der Waals surface area contributed by atoms with Crippen molar-refractivity contribution in [3.8, 4) is 0 Å². The summed E-state index contributed by atoms with van der Waals surface area (Å²) in [7, 11) is 0. The number of guanidine groups is 1. The van der Waals surface area contributed by atoms with Gasteiger partial charge >= 0.3 is 6.09 Å². The lowest BCUT2D eigenvalue weighted by Gasteiger charge is -1.98. The molecule has 0 saturated heterocycles. The smallest absolute Gasteiger partial charge is 0.404 e. The predicted octanol–water partition coefficient (Wildman–Crippen LogP) is -1.62. The molecule has 64 valence electrons. The van der Waals surface area contributed by atoms with Crippen LogP contribution in [0, 0.1) is 0 Å². The molecule has 0 unspecified atom stereocenters. The summed E-state index contributed by atoms with van der Waals surface area (Å²) in [6.07, 6.45) is -0.865. The number of hydroxylamine groups is 1.